The van der Waals surface area contributed by atoms with Crippen LogP contribution in [-0.4, -0.2) is 43.0 Å². The first kappa shape index (κ1) is 17.4. The third kappa shape index (κ3) is 4.30. The van der Waals surface area contributed by atoms with Crippen LogP contribution in [0.5, 0.6) is 5.75 Å². The molecule has 124 valence electrons. The molecule has 6 heteroatoms. The Morgan fingerprint density at radius 2 is 2.00 bits per heavy atom. The van der Waals surface area contributed by atoms with Crippen LogP contribution in [0, 0.1) is 5.41 Å². The number of aromatic nitrogens is 1. The SMILES string of the molecule is COc1ccc(-c2nc(C(=O)N(C)CC(C)(C)CN)cs2)cc1. The van der Waals surface area contributed by atoms with Gasteiger partial charge in [0.1, 0.15) is 16.5 Å². The first-order valence-corrected chi connectivity index (χ1v) is 8.30. The van der Waals surface area contributed by atoms with Gasteiger partial charge in [0.2, 0.25) is 0 Å². The number of benzene rings is 1. The number of nitrogens with two attached hydrogens (primary N) is 1. The van der Waals surface area contributed by atoms with E-state index in [1.165, 1.54) is 11.3 Å². The summed E-state index contributed by atoms with van der Waals surface area (Å²) >= 11 is 1.46. The summed E-state index contributed by atoms with van der Waals surface area (Å²) < 4.78 is 5.15. The van der Waals surface area contributed by atoms with Crippen molar-refractivity contribution in [2.75, 3.05) is 27.2 Å². The van der Waals surface area contributed by atoms with Crippen molar-refractivity contribution >= 4 is 17.2 Å². The maximum absolute atomic E-state index is 12.5. The van der Waals surface area contributed by atoms with Crippen molar-refractivity contribution in [1.29, 1.82) is 0 Å². The van der Waals surface area contributed by atoms with Crippen LogP contribution in [0.25, 0.3) is 10.6 Å². The van der Waals surface area contributed by atoms with E-state index in [0.29, 0.717) is 18.8 Å². The highest BCUT2D eigenvalue weighted by molar-refractivity contribution is 7.13. The fraction of sp³-hybridized carbons (Fsp3) is 0.412. The van der Waals surface area contributed by atoms with Crippen LogP contribution in [0.15, 0.2) is 29.6 Å². The quantitative estimate of drug-likeness (QED) is 0.882. The Bertz CT molecular complexity index is 665. The lowest BCUT2D eigenvalue weighted by Gasteiger charge is -2.28. The molecule has 0 radical (unpaired) electrons. The van der Waals surface area contributed by atoms with E-state index in [-0.39, 0.29) is 11.3 Å². The molecule has 0 spiro atoms. The summed E-state index contributed by atoms with van der Waals surface area (Å²) in [6, 6.07) is 7.64. The fourth-order valence-electron chi connectivity index (χ4n) is 2.21. The molecule has 2 N–H and O–H groups in total. The third-order valence-electron chi connectivity index (χ3n) is 3.62. The molecular weight excluding hydrogens is 310 g/mol. The van der Waals surface area contributed by atoms with Gasteiger partial charge in [-0.2, -0.15) is 0 Å². The molecule has 1 heterocycles. The van der Waals surface area contributed by atoms with Gasteiger partial charge < -0.3 is 15.4 Å². The molecule has 0 unspecified atom stereocenters. The number of hydrogen-bond donors (Lipinski definition) is 1. The van der Waals surface area contributed by atoms with E-state index in [2.05, 4.69) is 4.98 Å². The Morgan fingerprint density at radius 3 is 2.57 bits per heavy atom. The topological polar surface area (TPSA) is 68.5 Å². The highest BCUT2D eigenvalue weighted by atomic mass is 32.1. The molecule has 1 aromatic heterocycles. The van der Waals surface area contributed by atoms with Gasteiger partial charge in [-0.05, 0) is 36.2 Å². The Morgan fingerprint density at radius 1 is 1.35 bits per heavy atom. The highest BCUT2D eigenvalue weighted by Crippen LogP contribution is 2.26. The van der Waals surface area contributed by atoms with Crippen molar-refractivity contribution in [2.45, 2.75) is 13.8 Å². The van der Waals surface area contributed by atoms with Crippen molar-refractivity contribution in [1.82, 2.24) is 9.88 Å². The second kappa shape index (κ2) is 7.10. The Kier molecular flexibility index (Phi) is 5.38. The molecule has 0 fully saturated rings. The lowest BCUT2D eigenvalue weighted by atomic mass is 9.93. The summed E-state index contributed by atoms with van der Waals surface area (Å²) in [6.07, 6.45) is 0. The van der Waals surface area contributed by atoms with E-state index < -0.39 is 0 Å². The first-order valence-electron chi connectivity index (χ1n) is 7.42. The second-order valence-electron chi connectivity index (χ2n) is 6.30. The zero-order valence-corrected chi connectivity index (χ0v) is 14.8. The van der Waals surface area contributed by atoms with Gasteiger partial charge in [0.25, 0.3) is 5.91 Å². The molecule has 2 rings (SSSR count). The largest absolute Gasteiger partial charge is 0.497 e. The van der Waals surface area contributed by atoms with Gasteiger partial charge in [-0.15, -0.1) is 11.3 Å². The first-order chi connectivity index (χ1) is 10.9. The average molecular weight is 333 g/mol. The summed E-state index contributed by atoms with van der Waals surface area (Å²) in [6.45, 7) is 5.21. The minimum absolute atomic E-state index is 0.0810. The van der Waals surface area contributed by atoms with Crippen LogP contribution in [0.4, 0.5) is 0 Å². The molecule has 2 aromatic rings. The molecule has 0 saturated heterocycles. The Hall–Kier alpha value is -1.92. The van der Waals surface area contributed by atoms with Crippen LogP contribution in [0.2, 0.25) is 0 Å². The Balaban J connectivity index is 2.13. The number of nitrogens with zero attached hydrogens (tertiary/aromatic N) is 2. The minimum Gasteiger partial charge on any atom is -0.497 e. The van der Waals surface area contributed by atoms with Crippen molar-refractivity contribution in [3.8, 4) is 16.3 Å². The summed E-state index contributed by atoms with van der Waals surface area (Å²) in [7, 11) is 3.42. The van der Waals surface area contributed by atoms with Crippen molar-refractivity contribution < 1.29 is 9.53 Å². The van der Waals surface area contributed by atoms with Gasteiger partial charge in [0.05, 0.1) is 7.11 Å². The van der Waals surface area contributed by atoms with Crippen LogP contribution in [0.3, 0.4) is 0 Å². The van der Waals surface area contributed by atoms with Gasteiger partial charge in [-0.3, -0.25) is 4.79 Å². The summed E-state index contributed by atoms with van der Waals surface area (Å²) in [5.41, 5.74) is 7.06. The van der Waals surface area contributed by atoms with Crippen LogP contribution < -0.4 is 10.5 Å². The van der Waals surface area contributed by atoms with Crippen LogP contribution in [0.1, 0.15) is 24.3 Å². The van der Waals surface area contributed by atoms with Crippen LogP contribution >= 0.6 is 11.3 Å². The number of thiazole rings is 1. The minimum atomic E-state index is -0.112. The molecule has 1 amide bonds. The number of carbonyl (C=O) groups excluding carboxylic acids is 1. The fourth-order valence-corrected chi connectivity index (χ4v) is 3.01. The molecule has 0 aliphatic heterocycles. The zero-order chi connectivity index (χ0) is 17.0. The number of methoxy groups -OCH3 is 1. The maximum atomic E-state index is 12.5. The Labute approximate surface area is 141 Å². The standard InChI is InChI=1S/C17H23N3O2S/c1-17(2,10-18)11-20(3)16(21)14-9-23-15(19-14)12-5-7-13(22-4)8-6-12/h5-9H,10-11,18H2,1-4H3. The van der Waals surface area contributed by atoms with Crippen molar-refractivity contribution in [2.24, 2.45) is 11.1 Å². The van der Waals surface area contributed by atoms with Gasteiger partial charge in [0, 0.05) is 24.5 Å². The van der Waals surface area contributed by atoms with E-state index in [1.54, 1.807) is 24.4 Å². The van der Waals surface area contributed by atoms with E-state index in [9.17, 15) is 4.79 Å². The number of ether oxygens (including phenoxy) is 1. The molecule has 0 aliphatic carbocycles. The third-order valence-corrected chi connectivity index (χ3v) is 4.52. The van der Waals surface area contributed by atoms with Gasteiger partial charge in [-0.1, -0.05) is 13.8 Å². The predicted molar refractivity (Wildman–Crippen MR) is 93.9 cm³/mol. The maximum Gasteiger partial charge on any atom is 0.273 e. The predicted octanol–water partition coefficient (Wildman–Crippen LogP) is 2.88. The zero-order valence-electron chi connectivity index (χ0n) is 14.0. The highest BCUT2D eigenvalue weighted by Gasteiger charge is 2.23. The van der Waals surface area contributed by atoms with Gasteiger partial charge >= 0.3 is 0 Å². The number of rotatable bonds is 6. The lowest BCUT2D eigenvalue weighted by Crippen LogP contribution is -2.39. The normalized spacial score (nSPS) is 11.3. The average Bonchev–Trinajstić information content (AvgIpc) is 3.03. The van der Waals surface area contributed by atoms with E-state index in [4.69, 9.17) is 10.5 Å². The molecule has 0 aliphatic rings. The van der Waals surface area contributed by atoms with Gasteiger partial charge in [-0.25, -0.2) is 4.98 Å². The molecule has 0 saturated carbocycles. The van der Waals surface area contributed by atoms with Crippen molar-refractivity contribution in [3.05, 3.63) is 35.3 Å². The smallest absolute Gasteiger partial charge is 0.273 e. The molecule has 5 nitrogen and oxygen atoms in total. The summed E-state index contributed by atoms with van der Waals surface area (Å²) in [4.78, 5) is 18.6. The molecule has 23 heavy (non-hydrogen) atoms. The molecule has 0 bridgehead atoms. The molecule has 1 aromatic carbocycles. The van der Waals surface area contributed by atoms with E-state index in [0.717, 1.165) is 16.3 Å². The molecule has 0 atom stereocenters. The van der Waals surface area contributed by atoms with Crippen LogP contribution in [-0.2, 0) is 0 Å². The second-order valence-corrected chi connectivity index (χ2v) is 7.15. The number of carbonyl (C=O) groups is 1. The molecular formula is C17H23N3O2S. The van der Waals surface area contributed by atoms with E-state index in [1.807, 2.05) is 38.1 Å². The number of amides is 1. The number of hydrogen-bond acceptors (Lipinski definition) is 5. The van der Waals surface area contributed by atoms with E-state index >= 15 is 0 Å². The van der Waals surface area contributed by atoms with Gasteiger partial charge in [0.15, 0.2) is 0 Å². The summed E-state index contributed by atoms with van der Waals surface area (Å²) in [5.74, 6) is 0.716. The lowest BCUT2D eigenvalue weighted by molar-refractivity contribution is 0.0735. The summed E-state index contributed by atoms with van der Waals surface area (Å²) in [5, 5.41) is 2.62. The van der Waals surface area contributed by atoms with Crippen molar-refractivity contribution in [3.63, 3.8) is 0 Å². The monoisotopic (exact) mass is 333 g/mol.